The lowest BCUT2D eigenvalue weighted by molar-refractivity contribution is -0.121. The molecule has 0 radical (unpaired) electrons. The Balaban J connectivity index is 1.77. The molecule has 6 nitrogen and oxygen atoms in total. The van der Waals surface area contributed by atoms with E-state index in [2.05, 4.69) is 9.97 Å². The summed E-state index contributed by atoms with van der Waals surface area (Å²) in [6, 6.07) is 5.21. The van der Waals surface area contributed by atoms with E-state index in [9.17, 15) is 9.59 Å². The first-order valence-corrected chi connectivity index (χ1v) is 9.21. The Hall–Kier alpha value is -1.80. The summed E-state index contributed by atoms with van der Waals surface area (Å²) < 4.78 is 5.28. The van der Waals surface area contributed by atoms with Crippen LogP contribution in [0.2, 0.25) is 0 Å². The fourth-order valence-electron chi connectivity index (χ4n) is 2.81. The number of ether oxygens (including phenoxy) is 1. The number of hydrogen-bond acceptors (Lipinski definition) is 7. The van der Waals surface area contributed by atoms with Crippen LogP contribution in [-0.2, 0) is 9.59 Å². The molecule has 0 N–H and O–H groups in total. The van der Waals surface area contributed by atoms with Crippen LogP contribution in [0.1, 0.15) is 0 Å². The zero-order chi connectivity index (χ0) is 16.0. The van der Waals surface area contributed by atoms with Crippen molar-refractivity contribution < 1.29 is 14.3 Å². The lowest BCUT2D eigenvalue weighted by Crippen LogP contribution is -2.32. The molecule has 0 saturated carbocycles. The monoisotopic (exact) mass is 347 g/mol. The van der Waals surface area contributed by atoms with Crippen LogP contribution < -0.4 is 9.64 Å². The maximum absolute atomic E-state index is 12.6. The van der Waals surface area contributed by atoms with Gasteiger partial charge in [-0.25, -0.2) is 14.9 Å². The van der Waals surface area contributed by atoms with Crippen molar-refractivity contribution in [2.45, 2.75) is 10.5 Å². The minimum absolute atomic E-state index is 0.174. The van der Waals surface area contributed by atoms with Crippen LogP contribution in [-0.4, -0.2) is 50.9 Å². The number of pyridine rings is 2. The normalized spacial score (nSPS) is 24.1. The lowest BCUT2D eigenvalue weighted by Gasteiger charge is -2.19. The van der Waals surface area contributed by atoms with E-state index in [1.165, 1.54) is 4.90 Å². The third kappa shape index (κ3) is 2.28. The second-order valence-corrected chi connectivity index (χ2v) is 7.65. The minimum atomic E-state index is -0.294. The van der Waals surface area contributed by atoms with Gasteiger partial charge in [0.05, 0.1) is 12.5 Å². The average molecular weight is 347 g/mol. The smallest absolute Gasteiger partial charge is 0.249 e. The van der Waals surface area contributed by atoms with E-state index < -0.39 is 0 Å². The van der Waals surface area contributed by atoms with Crippen LogP contribution in [0.5, 0.6) is 5.75 Å². The molecule has 2 fully saturated rings. The molecule has 2 aliphatic rings. The number of anilines is 1. The van der Waals surface area contributed by atoms with E-state index in [4.69, 9.17) is 4.74 Å². The minimum Gasteiger partial charge on any atom is -0.496 e. The molecule has 2 unspecified atom stereocenters. The molecule has 2 saturated heterocycles. The SMILES string of the molecule is COc1ccnc2nc(N3C(=O)C4SCCSC4C3=O)ccc12. The van der Waals surface area contributed by atoms with Crippen LogP contribution in [0.15, 0.2) is 24.4 Å². The van der Waals surface area contributed by atoms with Gasteiger partial charge in [0.1, 0.15) is 22.1 Å². The Morgan fingerprint density at radius 2 is 1.83 bits per heavy atom. The van der Waals surface area contributed by atoms with Crippen molar-refractivity contribution >= 4 is 52.2 Å². The molecule has 2 aliphatic heterocycles. The van der Waals surface area contributed by atoms with Gasteiger partial charge in [0.15, 0.2) is 5.65 Å². The lowest BCUT2D eigenvalue weighted by atomic mass is 10.2. The summed E-state index contributed by atoms with van der Waals surface area (Å²) in [6.07, 6.45) is 1.59. The van der Waals surface area contributed by atoms with E-state index in [1.54, 1.807) is 55.0 Å². The molecule has 4 heterocycles. The number of methoxy groups -OCH3 is 1. The third-order valence-corrected chi connectivity index (χ3v) is 6.85. The number of imide groups is 1. The predicted molar refractivity (Wildman–Crippen MR) is 91.1 cm³/mol. The molecular formula is C15H13N3O3S2. The molecule has 118 valence electrons. The zero-order valence-corrected chi connectivity index (χ0v) is 13.9. The van der Waals surface area contributed by atoms with Gasteiger partial charge in [-0.3, -0.25) is 9.59 Å². The van der Waals surface area contributed by atoms with Gasteiger partial charge in [-0.1, -0.05) is 0 Å². The van der Waals surface area contributed by atoms with Crippen molar-refractivity contribution in [3.63, 3.8) is 0 Å². The molecular weight excluding hydrogens is 334 g/mol. The number of carbonyl (C=O) groups is 2. The Bertz CT molecular complexity index is 790. The number of rotatable bonds is 2. The number of amides is 2. The van der Waals surface area contributed by atoms with Gasteiger partial charge < -0.3 is 4.74 Å². The zero-order valence-electron chi connectivity index (χ0n) is 12.3. The number of fused-ring (bicyclic) bond motifs is 2. The number of carbonyl (C=O) groups excluding carboxylic acids is 2. The molecule has 2 atom stereocenters. The van der Waals surface area contributed by atoms with Crippen molar-refractivity contribution in [2.24, 2.45) is 0 Å². The van der Waals surface area contributed by atoms with Crippen molar-refractivity contribution in [2.75, 3.05) is 23.5 Å². The standard InChI is InChI=1S/C15H13N3O3S2/c1-21-9-4-5-16-13-8(9)2-3-10(17-13)18-14(19)11-12(15(18)20)23-7-6-22-11/h2-5,11-12H,6-7H2,1H3. The van der Waals surface area contributed by atoms with E-state index in [1.807, 2.05) is 0 Å². The van der Waals surface area contributed by atoms with Crippen LogP contribution in [0, 0.1) is 0 Å². The summed E-state index contributed by atoms with van der Waals surface area (Å²) in [5.74, 6) is 2.43. The fourth-order valence-corrected chi connectivity index (χ4v) is 5.64. The van der Waals surface area contributed by atoms with Gasteiger partial charge in [-0.2, -0.15) is 0 Å². The molecule has 8 heteroatoms. The Morgan fingerprint density at radius 1 is 1.13 bits per heavy atom. The van der Waals surface area contributed by atoms with Gasteiger partial charge >= 0.3 is 0 Å². The van der Waals surface area contributed by atoms with Crippen molar-refractivity contribution in [3.8, 4) is 5.75 Å². The first-order valence-electron chi connectivity index (χ1n) is 7.11. The summed E-state index contributed by atoms with van der Waals surface area (Å²) in [7, 11) is 1.58. The second kappa shape index (κ2) is 5.68. The topological polar surface area (TPSA) is 72.4 Å². The van der Waals surface area contributed by atoms with Gasteiger partial charge in [-0.15, -0.1) is 23.5 Å². The Labute approximate surface area is 141 Å². The molecule has 23 heavy (non-hydrogen) atoms. The van der Waals surface area contributed by atoms with Gasteiger partial charge in [0.25, 0.3) is 0 Å². The highest BCUT2D eigenvalue weighted by molar-refractivity contribution is 8.08. The Morgan fingerprint density at radius 3 is 2.48 bits per heavy atom. The molecule has 0 aliphatic carbocycles. The molecule has 0 spiro atoms. The Kier molecular flexibility index (Phi) is 3.65. The van der Waals surface area contributed by atoms with E-state index >= 15 is 0 Å². The summed E-state index contributed by atoms with van der Waals surface area (Å²) in [6.45, 7) is 0. The first kappa shape index (κ1) is 14.8. The molecule has 2 aromatic heterocycles. The highest BCUT2D eigenvalue weighted by atomic mass is 32.2. The number of aromatic nitrogens is 2. The summed E-state index contributed by atoms with van der Waals surface area (Å²) >= 11 is 3.11. The van der Waals surface area contributed by atoms with E-state index in [0.29, 0.717) is 17.2 Å². The predicted octanol–water partition coefficient (Wildman–Crippen LogP) is 1.73. The largest absolute Gasteiger partial charge is 0.496 e. The highest BCUT2D eigenvalue weighted by Gasteiger charge is 2.50. The third-order valence-electron chi connectivity index (χ3n) is 3.88. The van der Waals surface area contributed by atoms with Crippen molar-refractivity contribution in [3.05, 3.63) is 24.4 Å². The second-order valence-electron chi connectivity index (χ2n) is 5.15. The van der Waals surface area contributed by atoms with Crippen LogP contribution in [0.25, 0.3) is 11.0 Å². The molecule has 2 aromatic rings. The van der Waals surface area contributed by atoms with Crippen LogP contribution in [0.4, 0.5) is 5.82 Å². The van der Waals surface area contributed by atoms with Crippen LogP contribution in [0.3, 0.4) is 0 Å². The summed E-state index contributed by atoms with van der Waals surface area (Å²) in [4.78, 5) is 35.0. The maximum atomic E-state index is 12.6. The maximum Gasteiger partial charge on any atom is 0.249 e. The fraction of sp³-hybridized carbons (Fsp3) is 0.333. The molecule has 0 aromatic carbocycles. The van der Waals surface area contributed by atoms with Crippen molar-refractivity contribution in [1.82, 2.24) is 9.97 Å². The van der Waals surface area contributed by atoms with E-state index in [-0.39, 0.29) is 22.3 Å². The van der Waals surface area contributed by atoms with Gasteiger partial charge in [0, 0.05) is 17.7 Å². The van der Waals surface area contributed by atoms with Gasteiger partial charge in [0.2, 0.25) is 11.8 Å². The highest BCUT2D eigenvalue weighted by Crippen LogP contribution is 2.40. The molecule has 4 rings (SSSR count). The van der Waals surface area contributed by atoms with E-state index in [0.717, 1.165) is 16.9 Å². The molecule has 2 amide bonds. The summed E-state index contributed by atoms with van der Waals surface area (Å²) in [5.41, 5.74) is 0.456. The van der Waals surface area contributed by atoms with Gasteiger partial charge in [-0.05, 0) is 18.2 Å². The number of thioether (sulfide) groups is 2. The van der Waals surface area contributed by atoms with Crippen LogP contribution >= 0.6 is 23.5 Å². The first-order chi connectivity index (χ1) is 11.2. The number of hydrogen-bond donors (Lipinski definition) is 0. The average Bonchev–Trinajstić information content (AvgIpc) is 2.85. The summed E-state index contributed by atoms with van der Waals surface area (Å²) in [5, 5.41) is 0.160. The number of nitrogens with zero attached hydrogens (tertiary/aromatic N) is 3. The van der Waals surface area contributed by atoms with Crippen molar-refractivity contribution in [1.29, 1.82) is 0 Å². The quantitative estimate of drug-likeness (QED) is 0.766. The molecule has 0 bridgehead atoms.